The van der Waals surface area contributed by atoms with Gasteiger partial charge in [0.2, 0.25) is 0 Å². The Hall–Kier alpha value is -1.13. The molecule has 2 saturated carbocycles. The van der Waals surface area contributed by atoms with E-state index in [1.54, 1.807) is 0 Å². The van der Waals surface area contributed by atoms with Crippen LogP contribution in [0.1, 0.15) is 32.1 Å². The Balaban J connectivity index is 1.72. The van der Waals surface area contributed by atoms with E-state index in [4.69, 9.17) is 5.11 Å². The van der Waals surface area contributed by atoms with Crippen LogP contribution in [-0.4, -0.2) is 34.2 Å². The van der Waals surface area contributed by atoms with Crippen LogP contribution in [-0.2, 0) is 4.79 Å². The molecule has 0 spiro atoms. The highest BCUT2D eigenvalue weighted by molar-refractivity contribution is 5.70. The van der Waals surface area contributed by atoms with Crippen molar-refractivity contribution in [1.29, 1.82) is 0 Å². The first kappa shape index (κ1) is 9.12. The lowest BCUT2D eigenvalue weighted by Gasteiger charge is -2.32. The topological polar surface area (TPSA) is 65.3 Å². The van der Waals surface area contributed by atoms with Crippen LogP contribution in [0, 0.1) is 5.92 Å². The first-order valence-corrected chi connectivity index (χ1v) is 5.67. The fourth-order valence-electron chi connectivity index (χ4n) is 2.65. The molecule has 0 amide bonds. The summed E-state index contributed by atoms with van der Waals surface area (Å²) in [6.07, 6.45) is 4.76. The van der Waals surface area contributed by atoms with E-state index in [9.17, 15) is 4.79 Å². The lowest BCUT2D eigenvalue weighted by Crippen LogP contribution is -2.42. The summed E-state index contributed by atoms with van der Waals surface area (Å²) >= 11 is 0. The Labute approximate surface area is 88.1 Å². The smallest absolute Gasteiger partial charge is 0.306 e. The van der Waals surface area contributed by atoms with Crippen LogP contribution >= 0.6 is 0 Å². The second kappa shape index (κ2) is 3.18. The van der Waals surface area contributed by atoms with Crippen molar-refractivity contribution in [3.8, 4) is 0 Å². The predicted octanol–water partition coefficient (Wildman–Crippen LogP) is 1.45. The molecule has 1 heterocycles. The number of hydrogen-bond acceptors (Lipinski definition) is 4. The zero-order valence-corrected chi connectivity index (χ0v) is 8.54. The number of nitrogens with zero attached hydrogens (tertiary/aromatic N) is 3. The molecule has 5 heteroatoms. The summed E-state index contributed by atoms with van der Waals surface area (Å²) in [6, 6.07) is 1.09. The van der Waals surface area contributed by atoms with Crippen molar-refractivity contribution >= 4 is 5.97 Å². The zero-order valence-electron chi connectivity index (χ0n) is 8.54. The first-order valence-electron chi connectivity index (χ1n) is 5.67. The van der Waals surface area contributed by atoms with Crippen LogP contribution in [0.15, 0.2) is 10.3 Å². The van der Waals surface area contributed by atoms with E-state index in [0.29, 0.717) is 6.04 Å². The molecule has 0 bridgehead atoms. The van der Waals surface area contributed by atoms with Crippen molar-refractivity contribution in [2.24, 2.45) is 16.3 Å². The van der Waals surface area contributed by atoms with Crippen LogP contribution in [0.2, 0.25) is 0 Å². The largest absolute Gasteiger partial charge is 0.481 e. The SMILES string of the molecule is O=C(O)C1CCC2N=NN(C3CC3)C2C1. The maximum atomic E-state index is 11.0. The molecule has 3 atom stereocenters. The fourth-order valence-corrected chi connectivity index (χ4v) is 2.65. The first-order chi connectivity index (χ1) is 7.25. The summed E-state index contributed by atoms with van der Waals surface area (Å²) in [4.78, 5) is 11.0. The Morgan fingerprint density at radius 1 is 1.27 bits per heavy atom. The quantitative estimate of drug-likeness (QED) is 0.748. The van der Waals surface area contributed by atoms with E-state index >= 15 is 0 Å². The minimum atomic E-state index is -0.656. The van der Waals surface area contributed by atoms with E-state index < -0.39 is 5.97 Å². The highest BCUT2D eigenvalue weighted by Crippen LogP contribution is 2.40. The predicted molar refractivity (Wildman–Crippen MR) is 52.3 cm³/mol. The number of hydrogen-bond donors (Lipinski definition) is 1. The van der Waals surface area contributed by atoms with Gasteiger partial charge in [0.15, 0.2) is 0 Å². The Kier molecular flexibility index (Phi) is 1.94. The van der Waals surface area contributed by atoms with E-state index in [-0.39, 0.29) is 18.0 Å². The molecule has 0 aromatic carbocycles. The number of fused-ring (bicyclic) bond motifs is 1. The molecular weight excluding hydrogens is 194 g/mol. The van der Waals surface area contributed by atoms with Gasteiger partial charge in [0.1, 0.15) is 0 Å². The third-order valence-corrected chi connectivity index (χ3v) is 3.69. The number of rotatable bonds is 2. The maximum Gasteiger partial charge on any atom is 0.306 e. The van der Waals surface area contributed by atoms with Gasteiger partial charge in [-0.15, -0.1) is 0 Å². The molecule has 82 valence electrons. The van der Waals surface area contributed by atoms with Gasteiger partial charge in [0, 0.05) is 6.04 Å². The van der Waals surface area contributed by atoms with Crippen LogP contribution in [0.4, 0.5) is 0 Å². The normalized spacial score (nSPS) is 39.2. The highest BCUT2D eigenvalue weighted by atomic mass is 16.4. The summed E-state index contributed by atoms with van der Waals surface area (Å²) in [5, 5.41) is 19.5. The Bertz CT molecular complexity index is 314. The fraction of sp³-hybridized carbons (Fsp3) is 0.900. The third kappa shape index (κ3) is 1.50. The molecule has 1 N–H and O–H groups in total. The van der Waals surface area contributed by atoms with Crippen LogP contribution < -0.4 is 0 Å². The minimum Gasteiger partial charge on any atom is -0.481 e. The summed E-state index contributed by atoms with van der Waals surface area (Å²) in [7, 11) is 0. The van der Waals surface area contributed by atoms with E-state index in [1.807, 2.05) is 0 Å². The molecular formula is C10H15N3O2. The molecule has 0 aromatic rings. The van der Waals surface area contributed by atoms with Gasteiger partial charge in [-0.3, -0.25) is 9.80 Å². The summed E-state index contributed by atoms with van der Waals surface area (Å²) in [5.41, 5.74) is 0. The number of carboxylic acid groups (broad SMARTS) is 1. The molecule has 2 fully saturated rings. The molecule has 5 nitrogen and oxygen atoms in total. The van der Waals surface area contributed by atoms with Gasteiger partial charge in [-0.25, -0.2) is 0 Å². The van der Waals surface area contributed by atoms with Crippen molar-refractivity contribution in [3.05, 3.63) is 0 Å². The Morgan fingerprint density at radius 3 is 2.73 bits per heavy atom. The molecule has 3 rings (SSSR count). The molecule has 0 radical (unpaired) electrons. The van der Waals surface area contributed by atoms with Crippen LogP contribution in [0.3, 0.4) is 0 Å². The summed E-state index contributed by atoms with van der Waals surface area (Å²) < 4.78 is 0. The van der Waals surface area contributed by atoms with E-state index in [0.717, 1.165) is 19.3 Å². The number of aliphatic carboxylic acids is 1. The minimum absolute atomic E-state index is 0.184. The van der Waals surface area contributed by atoms with Gasteiger partial charge < -0.3 is 5.11 Å². The highest BCUT2D eigenvalue weighted by Gasteiger charge is 2.45. The van der Waals surface area contributed by atoms with Crippen molar-refractivity contribution in [3.63, 3.8) is 0 Å². The van der Waals surface area contributed by atoms with Crippen LogP contribution in [0.25, 0.3) is 0 Å². The lowest BCUT2D eigenvalue weighted by atomic mass is 9.82. The number of carboxylic acids is 1. The maximum absolute atomic E-state index is 11.0. The molecule has 15 heavy (non-hydrogen) atoms. The second-order valence-corrected chi connectivity index (χ2v) is 4.80. The Morgan fingerprint density at radius 2 is 2.07 bits per heavy atom. The average Bonchev–Trinajstić information content (AvgIpc) is 2.98. The molecule has 3 unspecified atom stereocenters. The summed E-state index contributed by atoms with van der Waals surface area (Å²) in [5.74, 6) is -0.841. The van der Waals surface area contributed by atoms with Gasteiger partial charge in [-0.2, -0.15) is 5.11 Å². The van der Waals surface area contributed by atoms with Gasteiger partial charge >= 0.3 is 5.97 Å². The molecule has 0 aromatic heterocycles. The van der Waals surface area contributed by atoms with E-state index in [2.05, 4.69) is 15.3 Å². The van der Waals surface area contributed by atoms with Gasteiger partial charge in [-0.1, -0.05) is 5.22 Å². The summed E-state index contributed by atoms with van der Waals surface area (Å²) in [6.45, 7) is 0. The van der Waals surface area contributed by atoms with E-state index in [1.165, 1.54) is 12.8 Å². The van der Waals surface area contributed by atoms with Crippen molar-refractivity contribution in [2.45, 2.75) is 50.2 Å². The average molecular weight is 209 g/mol. The molecule has 2 aliphatic carbocycles. The monoisotopic (exact) mass is 209 g/mol. The van der Waals surface area contributed by atoms with Gasteiger partial charge in [-0.05, 0) is 32.1 Å². The number of carbonyl (C=O) groups is 1. The third-order valence-electron chi connectivity index (χ3n) is 3.69. The molecule has 0 saturated heterocycles. The standard InChI is InChI=1S/C10H15N3O2/c14-10(15)6-1-4-8-9(5-6)13(12-11-8)7-2-3-7/h6-9H,1-5H2,(H,14,15). The second-order valence-electron chi connectivity index (χ2n) is 4.80. The van der Waals surface area contributed by atoms with Gasteiger partial charge in [0.05, 0.1) is 18.0 Å². The van der Waals surface area contributed by atoms with Crippen molar-refractivity contribution in [1.82, 2.24) is 5.01 Å². The molecule has 1 aliphatic heterocycles. The molecule has 3 aliphatic rings. The van der Waals surface area contributed by atoms with Gasteiger partial charge in [0.25, 0.3) is 0 Å². The zero-order chi connectivity index (χ0) is 10.4. The lowest BCUT2D eigenvalue weighted by molar-refractivity contribution is -0.143. The van der Waals surface area contributed by atoms with Crippen LogP contribution in [0.5, 0.6) is 0 Å². The van der Waals surface area contributed by atoms with Crippen molar-refractivity contribution < 1.29 is 9.90 Å². The van der Waals surface area contributed by atoms with Crippen molar-refractivity contribution in [2.75, 3.05) is 0 Å².